The Kier molecular flexibility index (Phi) is 4.58. The van der Waals surface area contributed by atoms with Gasteiger partial charge in [-0.3, -0.25) is 0 Å². The van der Waals surface area contributed by atoms with Crippen molar-refractivity contribution < 1.29 is 17.6 Å². The van der Waals surface area contributed by atoms with Crippen molar-refractivity contribution in [3.63, 3.8) is 0 Å². The summed E-state index contributed by atoms with van der Waals surface area (Å²) in [6, 6.07) is 7.63. The van der Waals surface area contributed by atoms with Crippen molar-refractivity contribution in [3.05, 3.63) is 71.6 Å². The second-order valence-electron chi connectivity index (χ2n) is 6.33. The normalized spacial score (nSPS) is 13.9. The number of anilines is 3. The lowest BCUT2D eigenvalue weighted by Crippen LogP contribution is -2.33. The van der Waals surface area contributed by atoms with Gasteiger partial charge in [0.15, 0.2) is 11.6 Å². The summed E-state index contributed by atoms with van der Waals surface area (Å²) in [7, 11) is 0. The Balaban J connectivity index is 1.56. The van der Waals surface area contributed by atoms with Gasteiger partial charge in [0.1, 0.15) is 12.1 Å². The number of rotatable bonds is 3. The topological polar surface area (TPSA) is 53.9 Å². The maximum Gasteiger partial charge on any atom is 0.416 e. The molecular weight excluding hydrogens is 374 g/mol. The van der Waals surface area contributed by atoms with E-state index in [1.54, 1.807) is 4.90 Å². The SMILES string of the molecule is Fc1cccnc1N1CCc2c(ncnc2Nc2ccc(C(F)(F)F)cc2)C1. The van der Waals surface area contributed by atoms with Crippen LogP contribution >= 0.6 is 0 Å². The van der Waals surface area contributed by atoms with Crippen molar-refractivity contribution in [3.8, 4) is 0 Å². The van der Waals surface area contributed by atoms with Gasteiger partial charge in [0.25, 0.3) is 0 Å². The molecule has 1 N–H and O–H groups in total. The molecule has 0 unspecified atom stereocenters. The van der Waals surface area contributed by atoms with Crippen LogP contribution in [0.1, 0.15) is 16.8 Å². The molecule has 1 aromatic carbocycles. The van der Waals surface area contributed by atoms with E-state index >= 15 is 0 Å². The molecule has 3 aromatic rings. The molecule has 0 aliphatic carbocycles. The third kappa shape index (κ3) is 3.60. The van der Waals surface area contributed by atoms with Crippen molar-refractivity contribution in [2.24, 2.45) is 0 Å². The largest absolute Gasteiger partial charge is 0.416 e. The fraction of sp³-hybridized carbons (Fsp3) is 0.211. The summed E-state index contributed by atoms with van der Waals surface area (Å²) in [6.45, 7) is 0.892. The van der Waals surface area contributed by atoms with Gasteiger partial charge in [-0.1, -0.05) is 0 Å². The molecule has 144 valence electrons. The monoisotopic (exact) mass is 389 g/mol. The Morgan fingerprint density at radius 2 is 1.79 bits per heavy atom. The van der Waals surface area contributed by atoms with Gasteiger partial charge in [-0.2, -0.15) is 13.2 Å². The number of hydrogen-bond donors (Lipinski definition) is 1. The summed E-state index contributed by atoms with van der Waals surface area (Å²) >= 11 is 0. The van der Waals surface area contributed by atoms with Crippen LogP contribution in [0.5, 0.6) is 0 Å². The molecule has 2 aromatic heterocycles. The lowest BCUT2D eigenvalue weighted by Gasteiger charge is -2.30. The Morgan fingerprint density at radius 1 is 1.00 bits per heavy atom. The molecule has 5 nitrogen and oxygen atoms in total. The maximum atomic E-state index is 14.0. The standard InChI is InChI=1S/C19H15F4N5/c20-15-2-1-8-24-18(15)28-9-7-14-16(10-28)25-11-26-17(14)27-13-5-3-12(4-6-13)19(21,22)23/h1-6,8,11H,7,9-10H2,(H,25,26,27). The van der Waals surface area contributed by atoms with Gasteiger partial charge < -0.3 is 10.2 Å². The third-order valence-corrected chi connectivity index (χ3v) is 4.52. The Bertz CT molecular complexity index is 988. The first-order valence-corrected chi connectivity index (χ1v) is 8.54. The van der Waals surface area contributed by atoms with Crippen LogP contribution in [-0.2, 0) is 19.1 Å². The van der Waals surface area contributed by atoms with Gasteiger partial charge >= 0.3 is 6.18 Å². The van der Waals surface area contributed by atoms with Crippen molar-refractivity contribution in [2.45, 2.75) is 19.1 Å². The summed E-state index contributed by atoms with van der Waals surface area (Å²) in [5.74, 6) is 0.401. The highest BCUT2D eigenvalue weighted by molar-refractivity contribution is 5.61. The minimum atomic E-state index is -4.38. The highest BCUT2D eigenvalue weighted by Gasteiger charge is 2.30. The lowest BCUT2D eigenvalue weighted by atomic mass is 10.1. The molecule has 0 atom stereocenters. The lowest BCUT2D eigenvalue weighted by molar-refractivity contribution is -0.137. The van der Waals surface area contributed by atoms with E-state index in [0.717, 1.165) is 23.4 Å². The van der Waals surface area contributed by atoms with Crippen LogP contribution in [0, 0.1) is 5.82 Å². The molecular formula is C19H15F4N5. The molecule has 28 heavy (non-hydrogen) atoms. The Morgan fingerprint density at radius 3 is 2.50 bits per heavy atom. The molecule has 0 amide bonds. The van der Waals surface area contributed by atoms with Gasteiger partial charge in [-0.15, -0.1) is 0 Å². The van der Waals surface area contributed by atoms with Crippen LogP contribution in [0.15, 0.2) is 48.9 Å². The van der Waals surface area contributed by atoms with E-state index in [-0.39, 0.29) is 5.82 Å². The average molecular weight is 389 g/mol. The summed E-state index contributed by atoms with van der Waals surface area (Å²) in [6.07, 6.45) is -0.916. The molecule has 0 radical (unpaired) electrons. The van der Waals surface area contributed by atoms with Gasteiger partial charge in [0, 0.05) is 24.0 Å². The molecule has 0 saturated heterocycles. The number of benzene rings is 1. The van der Waals surface area contributed by atoms with Gasteiger partial charge in [-0.05, 0) is 42.8 Å². The average Bonchev–Trinajstić information content (AvgIpc) is 2.68. The predicted octanol–water partition coefficient (Wildman–Crippen LogP) is 4.34. The molecule has 9 heteroatoms. The first-order chi connectivity index (χ1) is 13.4. The van der Waals surface area contributed by atoms with Crippen LogP contribution in [0.25, 0.3) is 0 Å². The summed E-state index contributed by atoms with van der Waals surface area (Å²) in [5, 5.41) is 3.05. The van der Waals surface area contributed by atoms with Crippen LogP contribution < -0.4 is 10.2 Å². The minimum Gasteiger partial charge on any atom is -0.348 e. The molecule has 0 spiro atoms. The van der Waals surface area contributed by atoms with Gasteiger partial charge in [0.2, 0.25) is 0 Å². The molecule has 1 aliphatic heterocycles. The third-order valence-electron chi connectivity index (χ3n) is 4.52. The first-order valence-electron chi connectivity index (χ1n) is 8.54. The molecule has 1 aliphatic rings. The number of aromatic nitrogens is 3. The molecule has 4 rings (SSSR count). The number of nitrogens with one attached hydrogen (secondary N) is 1. The van der Waals surface area contributed by atoms with Crippen molar-refractivity contribution in [1.29, 1.82) is 0 Å². The predicted molar refractivity (Wildman–Crippen MR) is 95.7 cm³/mol. The number of hydrogen-bond acceptors (Lipinski definition) is 5. The molecule has 3 heterocycles. The number of fused-ring (bicyclic) bond motifs is 1. The summed E-state index contributed by atoms with van der Waals surface area (Å²) < 4.78 is 52.1. The second kappa shape index (κ2) is 7.06. The zero-order valence-corrected chi connectivity index (χ0v) is 14.5. The van der Waals surface area contributed by atoms with Crippen molar-refractivity contribution in [1.82, 2.24) is 15.0 Å². The highest BCUT2D eigenvalue weighted by atomic mass is 19.4. The maximum absolute atomic E-state index is 14.0. The number of halogens is 4. The van der Waals surface area contributed by atoms with Crippen LogP contribution in [0.3, 0.4) is 0 Å². The number of nitrogens with zero attached hydrogens (tertiary/aromatic N) is 4. The van der Waals surface area contributed by atoms with Crippen LogP contribution in [-0.4, -0.2) is 21.5 Å². The number of alkyl halides is 3. The first kappa shape index (κ1) is 18.1. The summed E-state index contributed by atoms with van der Waals surface area (Å²) in [5.41, 5.74) is 1.36. The highest BCUT2D eigenvalue weighted by Crippen LogP contribution is 2.31. The van der Waals surface area contributed by atoms with Crippen molar-refractivity contribution >= 4 is 17.3 Å². The molecule has 0 fully saturated rings. The van der Waals surface area contributed by atoms with E-state index < -0.39 is 17.6 Å². The van der Waals surface area contributed by atoms with E-state index in [9.17, 15) is 17.6 Å². The smallest absolute Gasteiger partial charge is 0.348 e. The van der Waals surface area contributed by atoms with E-state index in [1.165, 1.54) is 36.8 Å². The van der Waals surface area contributed by atoms with E-state index in [1.807, 2.05) is 0 Å². The zero-order chi connectivity index (χ0) is 19.7. The van der Waals surface area contributed by atoms with Crippen molar-refractivity contribution in [2.75, 3.05) is 16.8 Å². The number of pyridine rings is 1. The van der Waals surface area contributed by atoms with Crippen LogP contribution in [0.4, 0.5) is 34.9 Å². The minimum absolute atomic E-state index is 0.268. The molecule has 0 bridgehead atoms. The van der Waals surface area contributed by atoms with Gasteiger partial charge in [0.05, 0.1) is 17.8 Å². The van der Waals surface area contributed by atoms with E-state index in [0.29, 0.717) is 31.0 Å². The zero-order valence-electron chi connectivity index (χ0n) is 14.5. The summed E-state index contributed by atoms with van der Waals surface area (Å²) in [4.78, 5) is 14.4. The Labute approximate surface area is 158 Å². The fourth-order valence-corrected chi connectivity index (χ4v) is 3.13. The van der Waals surface area contributed by atoms with E-state index in [2.05, 4.69) is 20.3 Å². The quantitative estimate of drug-likeness (QED) is 0.676. The van der Waals surface area contributed by atoms with Gasteiger partial charge in [-0.25, -0.2) is 19.3 Å². The van der Waals surface area contributed by atoms with Crippen LogP contribution in [0.2, 0.25) is 0 Å². The second-order valence-corrected chi connectivity index (χ2v) is 6.33. The molecule has 0 saturated carbocycles. The fourth-order valence-electron chi connectivity index (χ4n) is 3.13. The van der Waals surface area contributed by atoms with E-state index in [4.69, 9.17) is 0 Å². The Hall–Kier alpha value is -3.23.